The molecule has 102 valence electrons. The van der Waals surface area contributed by atoms with Gasteiger partial charge in [0.25, 0.3) is 0 Å². The summed E-state index contributed by atoms with van der Waals surface area (Å²) in [6.07, 6.45) is 2.89. The summed E-state index contributed by atoms with van der Waals surface area (Å²) < 4.78 is 0. The minimum atomic E-state index is -0.261. The van der Waals surface area contributed by atoms with E-state index in [2.05, 4.69) is 34.6 Å². The van der Waals surface area contributed by atoms with Gasteiger partial charge in [-0.15, -0.1) is 0 Å². The third kappa shape index (κ3) is 4.12. The minimum Gasteiger partial charge on any atom is -0.393 e. The lowest BCUT2D eigenvalue weighted by Crippen LogP contribution is -2.16. The highest BCUT2D eigenvalue weighted by Crippen LogP contribution is 2.27. The molecule has 0 aliphatic carbocycles. The van der Waals surface area contributed by atoms with E-state index in [1.165, 1.54) is 6.33 Å². The van der Waals surface area contributed by atoms with Crippen LogP contribution in [-0.4, -0.2) is 27.7 Å². The fourth-order valence-electron chi connectivity index (χ4n) is 1.80. The molecule has 0 spiro atoms. The van der Waals surface area contributed by atoms with Crippen LogP contribution in [-0.2, 0) is 0 Å². The predicted molar refractivity (Wildman–Crippen MR) is 73.3 cm³/mol. The van der Waals surface area contributed by atoms with Crippen LogP contribution in [0.3, 0.4) is 0 Å². The topological polar surface area (TPSA) is 96.1 Å². The van der Waals surface area contributed by atoms with Gasteiger partial charge in [-0.25, -0.2) is 15.8 Å². The van der Waals surface area contributed by atoms with Gasteiger partial charge in [0.05, 0.1) is 6.10 Å². The van der Waals surface area contributed by atoms with Gasteiger partial charge in [0.15, 0.2) is 0 Å². The molecule has 18 heavy (non-hydrogen) atoms. The first-order chi connectivity index (χ1) is 8.56. The van der Waals surface area contributed by atoms with Crippen molar-refractivity contribution in [3.8, 4) is 0 Å². The van der Waals surface area contributed by atoms with E-state index < -0.39 is 0 Å². The average Bonchev–Trinajstić information content (AvgIpc) is 2.33. The monoisotopic (exact) mass is 253 g/mol. The lowest BCUT2D eigenvalue weighted by atomic mass is 10.0. The minimum absolute atomic E-state index is 0.261. The summed E-state index contributed by atoms with van der Waals surface area (Å²) in [4.78, 5) is 8.35. The summed E-state index contributed by atoms with van der Waals surface area (Å²) in [6, 6.07) is 0. The van der Waals surface area contributed by atoms with Crippen molar-refractivity contribution in [2.24, 2.45) is 5.84 Å². The molecule has 0 fully saturated rings. The SMILES string of the molecule is CC(O)CCCNc1ncnc(NN)c1C(C)C. The highest BCUT2D eigenvalue weighted by Gasteiger charge is 2.13. The van der Waals surface area contributed by atoms with E-state index in [4.69, 9.17) is 5.84 Å². The smallest absolute Gasteiger partial charge is 0.148 e. The Hall–Kier alpha value is -1.40. The lowest BCUT2D eigenvalue weighted by Gasteiger charge is -2.16. The molecule has 1 heterocycles. The molecule has 1 atom stereocenters. The van der Waals surface area contributed by atoms with E-state index in [-0.39, 0.29) is 12.0 Å². The second-order valence-electron chi connectivity index (χ2n) is 4.70. The normalized spacial score (nSPS) is 12.6. The Kier molecular flexibility index (Phi) is 5.80. The van der Waals surface area contributed by atoms with Crippen molar-refractivity contribution in [1.82, 2.24) is 9.97 Å². The number of nitrogens with zero attached hydrogens (tertiary/aromatic N) is 2. The molecule has 0 amide bonds. The largest absolute Gasteiger partial charge is 0.393 e. The van der Waals surface area contributed by atoms with Gasteiger partial charge in [-0.1, -0.05) is 13.8 Å². The number of aliphatic hydroxyl groups is 1. The number of hydrazine groups is 1. The highest BCUT2D eigenvalue weighted by atomic mass is 16.3. The van der Waals surface area contributed by atoms with Crippen molar-refractivity contribution in [3.63, 3.8) is 0 Å². The third-order valence-corrected chi connectivity index (χ3v) is 2.69. The van der Waals surface area contributed by atoms with Crippen LogP contribution in [0.25, 0.3) is 0 Å². The van der Waals surface area contributed by atoms with Gasteiger partial charge in [0.2, 0.25) is 0 Å². The predicted octanol–water partition coefficient (Wildman–Crippen LogP) is 1.46. The van der Waals surface area contributed by atoms with Crippen LogP contribution in [0, 0.1) is 0 Å². The zero-order chi connectivity index (χ0) is 13.5. The molecule has 0 aromatic carbocycles. The Morgan fingerprint density at radius 3 is 2.50 bits per heavy atom. The fourth-order valence-corrected chi connectivity index (χ4v) is 1.80. The molecule has 1 aromatic rings. The van der Waals surface area contributed by atoms with Crippen molar-refractivity contribution in [2.75, 3.05) is 17.3 Å². The number of nitrogens with two attached hydrogens (primary N) is 1. The Labute approximate surface area is 108 Å². The van der Waals surface area contributed by atoms with Crippen LogP contribution >= 0.6 is 0 Å². The van der Waals surface area contributed by atoms with Gasteiger partial charge >= 0.3 is 0 Å². The van der Waals surface area contributed by atoms with Crippen LogP contribution in [0.15, 0.2) is 6.33 Å². The van der Waals surface area contributed by atoms with Gasteiger partial charge in [-0.2, -0.15) is 0 Å². The van der Waals surface area contributed by atoms with Crippen molar-refractivity contribution >= 4 is 11.6 Å². The molecule has 1 aromatic heterocycles. The summed E-state index contributed by atoms with van der Waals surface area (Å²) in [7, 11) is 0. The van der Waals surface area contributed by atoms with Crippen molar-refractivity contribution in [3.05, 3.63) is 11.9 Å². The summed E-state index contributed by atoms with van der Waals surface area (Å²) in [5.41, 5.74) is 3.58. The van der Waals surface area contributed by atoms with E-state index >= 15 is 0 Å². The second kappa shape index (κ2) is 7.13. The highest BCUT2D eigenvalue weighted by molar-refractivity contribution is 5.58. The number of rotatable bonds is 7. The van der Waals surface area contributed by atoms with Gasteiger partial charge in [0.1, 0.15) is 18.0 Å². The molecule has 6 nitrogen and oxygen atoms in total. The van der Waals surface area contributed by atoms with Gasteiger partial charge in [-0.05, 0) is 25.7 Å². The first kappa shape index (κ1) is 14.7. The first-order valence-electron chi connectivity index (χ1n) is 6.29. The summed E-state index contributed by atoms with van der Waals surface area (Å²) in [6.45, 7) is 6.70. The van der Waals surface area contributed by atoms with Crippen LogP contribution in [0.5, 0.6) is 0 Å². The zero-order valence-corrected chi connectivity index (χ0v) is 11.3. The molecule has 5 N–H and O–H groups in total. The zero-order valence-electron chi connectivity index (χ0n) is 11.3. The van der Waals surface area contributed by atoms with E-state index in [1.807, 2.05) is 0 Å². The quantitative estimate of drug-likeness (QED) is 0.334. The van der Waals surface area contributed by atoms with Gasteiger partial charge < -0.3 is 15.8 Å². The molecule has 0 aliphatic rings. The Balaban J connectivity index is 2.69. The second-order valence-corrected chi connectivity index (χ2v) is 4.70. The van der Waals surface area contributed by atoms with Gasteiger partial charge in [0, 0.05) is 12.1 Å². The first-order valence-corrected chi connectivity index (χ1v) is 6.29. The molecule has 0 aliphatic heterocycles. The molecule has 6 heteroatoms. The lowest BCUT2D eigenvalue weighted by molar-refractivity contribution is 0.183. The molecule has 1 unspecified atom stereocenters. The fraction of sp³-hybridized carbons (Fsp3) is 0.667. The van der Waals surface area contributed by atoms with E-state index in [0.29, 0.717) is 5.82 Å². The number of aromatic nitrogens is 2. The number of hydrogen-bond acceptors (Lipinski definition) is 6. The maximum Gasteiger partial charge on any atom is 0.148 e. The number of hydrogen-bond donors (Lipinski definition) is 4. The number of anilines is 2. The Morgan fingerprint density at radius 1 is 1.28 bits per heavy atom. The molecule has 0 radical (unpaired) electrons. The molecule has 0 bridgehead atoms. The number of aliphatic hydroxyl groups excluding tert-OH is 1. The van der Waals surface area contributed by atoms with Crippen molar-refractivity contribution in [2.45, 2.75) is 45.6 Å². The Bertz CT molecular complexity index is 367. The summed E-state index contributed by atoms with van der Waals surface area (Å²) in [5.74, 6) is 7.18. The summed E-state index contributed by atoms with van der Waals surface area (Å²) in [5, 5.41) is 12.5. The van der Waals surface area contributed by atoms with Crippen LogP contribution in [0.4, 0.5) is 11.6 Å². The van der Waals surface area contributed by atoms with Crippen molar-refractivity contribution in [1.29, 1.82) is 0 Å². The number of nitrogens with one attached hydrogen (secondary N) is 2. The maximum absolute atomic E-state index is 9.19. The molecule has 1 rings (SSSR count). The van der Waals surface area contributed by atoms with Crippen LogP contribution in [0.1, 0.15) is 45.1 Å². The third-order valence-electron chi connectivity index (χ3n) is 2.69. The van der Waals surface area contributed by atoms with Crippen molar-refractivity contribution < 1.29 is 5.11 Å². The van der Waals surface area contributed by atoms with Gasteiger partial charge in [-0.3, -0.25) is 0 Å². The standard InChI is InChI=1S/C12H23N5O/c1-8(2)10-11(14-6-4-5-9(3)18)15-7-16-12(10)17-13/h7-9,18H,4-6,13H2,1-3H3,(H2,14,15,16,17). The van der Waals surface area contributed by atoms with E-state index in [1.54, 1.807) is 6.92 Å². The molecule has 0 saturated carbocycles. The molecular weight excluding hydrogens is 230 g/mol. The summed E-state index contributed by atoms with van der Waals surface area (Å²) >= 11 is 0. The number of nitrogen functional groups attached to an aromatic ring is 1. The van der Waals surface area contributed by atoms with Crippen LogP contribution < -0.4 is 16.6 Å². The average molecular weight is 253 g/mol. The van der Waals surface area contributed by atoms with E-state index in [0.717, 1.165) is 30.8 Å². The molecule has 0 saturated heterocycles. The van der Waals surface area contributed by atoms with E-state index in [9.17, 15) is 5.11 Å². The molecular formula is C12H23N5O. The van der Waals surface area contributed by atoms with Crippen LogP contribution in [0.2, 0.25) is 0 Å². The Morgan fingerprint density at radius 2 is 1.94 bits per heavy atom. The maximum atomic E-state index is 9.19.